The Morgan fingerprint density at radius 1 is 1.16 bits per heavy atom. The number of hydrogen-bond donors (Lipinski definition) is 0. The molecule has 0 fully saturated rings. The summed E-state index contributed by atoms with van der Waals surface area (Å²) in [6, 6.07) is 6.62. The highest BCUT2D eigenvalue weighted by molar-refractivity contribution is 8.00. The normalized spacial score (nSPS) is 19.1. The van der Waals surface area contributed by atoms with Crippen molar-refractivity contribution in [3.63, 3.8) is 0 Å². The van der Waals surface area contributed by atoms with Gasteiger partial charge in [0.2, 0.25) is 0 Å². The third-order valence-electron chi connectivity index (χ3n) is 3.34. The van der Waals surface area contributed by atoms with Crippen LogP contribution < -0.4 is 0 Å². The molecule has 0 amide bonds. The minimum atomic E-state index is -0.244. The van der Waals surface area contributed by atoms with E-state index in [2.05, 4.69) is 6.08 Å². The van der Waals surface area contributed by atoms with Gasteiger partial charge in [-0.1, -0.05) is 31.1 Å². The van der Waals surface area contributed by atoms with Crippen molar-refractivity contribution in [2.75, 3.05) is 5.75 Å². The van der Waals surface area contributed by atoms with Crippen LogP contribution in [0.25, 0.3) is 0 Å². The Kier molecular flexibility index (Phi) is 5.64. The van der Waals surface area contributed by atoms with Crippen LogP contribution in [0.1, 0.15) is 38.5 Å². The summed E-state index contributed by atoms with van der Waals surface area (Å²) < 4.78 is 13.5. The van der Waals surface area contributed by atoms with Gasteiger partial charge in [-0.3, -0.25) is 4.79 Å². The van der Waals surface area contributed by atoms with Crippen LogP contribution in [0, 0.1) is 5.82 Å². The van der Waals surface area contributed by atoms with E-state index in [4.69, 9.17) is 0 Å². The summed E-state index contributed by atoms with van der Waals surface area (Å²) in [4.78, 5) is 12.7. The number of ketones is 1. The van der Waals surface area contributed by atoms with Crippen molar-refractivity contribution in [2.45, 2.75) is 43.4 Å². The molecule has 0 aliphatic heterocycles. The van der Waals surface area contributed by atoms with Crippen molar-refractivity contribution in [1.82, 2.24) is 0 Å². The minimum absolute atomic E-state index is 0.162. The summed E-state index contributed by atoms with van der Waals surface area (Å²) in [5.74, 6) is 0.259. The second-order valence-corrected chi connectivity index (χ2v) is 5.84. The Hall–Kier alpha value is -1.09. The summed E-state index contributed by atoms with van der Waals surface area (Å²) in [5.41, 5.74) is 0.948. The Morgan fingerprint density at radius 2 is 1.95 bits per heavy atom. The molecule has 1 aromatic carbocycles. The lowest BCUT2D eigenvalue weighted by molar-refractivity contribution is -0.113. The van der Waals surface area contributed by atoms with Gasteiger partial charge in [0.05, 0.1) is 5.75 Å². The highest BCUT2D eigenvalue weighted by Crippen LogP contribution is 2.24. The molecular formula is C16H19FOS. The average molecular weight is 278 g/mol. The van der Waals surface area contributed by atoms with Crippen LogP contribution in [-0.2, 0) is 4.79 Å². The number of benzene rings is 1. The van der Waals surface area contributed by atoms with Crippen LogP contribution in [0.5, 0.6) is 0 Å². The van der Waals surface area contributed by atoms with E-state index in [9.17, 15) is 9.18 Å². The maximum absolute atomic E-state index is 13.5. The molecule has 3 heteroatoms. The molecule has 102 valence electrons. The number of carbonyl (C=O) groups excluding carboxylic acids is 1. The van der Waals surface area contributed by atoms with Gasteiger partial charge < -0.3 is 0 Å². The summed E-state index contributed by atoms with van der Waals surface area (Å²) in [6.07, 6.45) is 8.73. The van der Waals surface area contributed by atoms with Gasteiger partial charge in [-0.25, -0.2) is 4.39 Å². The predicted molar refractivity (Wildman–Crippen MR) is 77.9 cm³/mol. The van der Waals surface area contributed by atoms with Crippen molar-refractivity contribution < 1.29 is 9.18 Å². The smallest absolute Gasteiger partial charge is 0.168 e. The number of halogens is 1. The Bertz CT molecular complexity index is 468. The van der Waals surface area contributed by atoms with Gasteiger partial charge in [-0.05, 0) is 43.4 Å². The predicted octanol–water partition coefficient (Wildman–Crippen LogP) is 4.77. The van der Waals surface area contributed by atoms with Crippen LogP contribution >= 0.6 is 11.8 Å². The summed E-state index contributed by atoms with van der Waals surface area (Å²) >= 11 is 1.30. The highest BCUT2D eigenvalue weighted by Gasteiger charge is 2.12. The molecule has 2 rings (SSSR count). The van der Waals surface area contributed by atoms with Gasteiger partial charge in [-0.15, -0.1) is 11.8 Å². The molecule has 0 N–H and O–H groups in total. The summed E-state index contributed by atoms with van der Waals surface area (Å²) in [6.45, 7) is 0. The fraction of sp³-hybridized carbons (Fsp3) is 0.438. The lowest BCUT2D eigenvalue weighted by Crippen LogP contribution is -2.07. The molecule has 1 aliphatic carbocycles. The topological polar surface area (TPSA) is 17.1 Å². The number of hydrogen-bond acceptors (Lipinski definition) is 2. The van der Waals surface area contributed by atoms with Gasteiger partial charge in [0.25, 0.3) is 0 Å². The second-order valence-electron chi connectivity index (χ2n) is 4.82. The molecule has 0 saturated heterocycles. The molecule has 0 heterocycles. The van der Waals surface area contributed by atoms with E-state index >= 15 is 0 Å². The molecule has 1 aromatic rings. The lowest BCUT2D eigenvalue weighted by atomic mass is 9.98. The van der Waals surface area contributed by atoms with Gasteiger partial charge in [0.1, 0.15) is 5.82 Å². The van der Waals surface area contributed by atoms with Gasteiger partial charge in [-0.2, -0.15) is 0 Å². The summed E-state index contributed by atoms with van der Waals surface area (Å²) in [7, 11) is 0. The zero-order valence-corrected chi connectivity index (χ0v) is 11.8. The molecule has 0 spiro atoms. The molecule has 1 nitrogen and oxygen atoms in total. The van der Waals surface area contributed by atoms with E-state index in [1.807, 2.05) is 0 Å². The Labute approximate surface area is 118 Å². The first kappa shape index (κ1) is 14.3. The molecule has 0 bridgehead atoms. The fourth-order valence-electron chi connectivity index (χ4n) is 2.24. The Morgan fingerprint density at radius 3 is 2.79 bits per heavy atom. The van der Waals surface area contributed by atoms with E-state index in [0.717, 1.165) is 24.8 Å². The highest BCUT2D eigenvalue weighted by atomic mass is 32.2. The number of thioether (sulfide) groups is 1. The number of Topliss-reactive ketones (excluding diaryl/α,β-unsaturated/α-hetero) is 1. The number of allylic oxidation sites excluding steroid dienone is 2. The Balaban J connectivity index is 1.91. The minimum Gasteiger partial charge on any atom is -0.294 e. The van der Waals surface area contributed by atoms with Crippen LogP contribution in [0.4, 0.5) is 4.39 Å². The zero-order valence-electron chi connectivity index (χ0n) is 11.0. The van der Waals surface area contributed by atoms with Crippen LogP contribution in [0.2, 0.25) is 0 Å². The molecule has 0 unspecified atom stereocenters. The van der Waals surface area contributed by atoms with Crippen LogP contribution in [0.3, 0.4) is 0 Å². The van der Waals surface area contributed by atoms with Gasteiger partial charge >= 0.3 is 0 Å². The van der Waals surface area contributed by atoms with Crippen molar-refractivity contribution in [3.8, 4) is 0 Å². The SMILES string of the molecule is O=C(CSc1ccccc1F)/C1=C/CCCCCC1. The van der Waals surface area contributed by atoms with E-state index < -0.39 is 0 Å². The largest absolute Gasteiger partial charge is 0.294 e. The average Bonchev–Trinajstić information content (AvgIpc) is 2.37. The van der Waals surface area contributed by atoms with Crippen LogP contribution in [-0.4, -0.2) is 11.5 Å². The fourth-order valence-corrected chi connectivity index (χ4v) is 3.10. The van der Waals surface area contributed by atoms with Crippen molar-refractivity contribution in [2.24, 2.45) is 0 Å². The first-order valence-corrected chi connectivity index (χ1v) is 7.85. The van der Waals surface area contributed by atoms with Gasteiger partial charge in [0, 0.05) is 4.90 Å². The first-order chi connectivity index (χ1) is 9.27. The second kappa shape index (κ2) is 7.49. The maximum atomic E-state index is 13.5. The van der Waals surface area contributed by atoms with Crippen LogP contribution in [0.15, 0.2) is 40.8 Å². The molecule has 0 aromatic heterocycles. The quantitative estimate of drug-likeness (QED) is 0.738. The zero-order chi connectivity index (χ0) is 13.5. The van der Waals surface area contributed by atoms with E-state index in [0.29, 0.717) is 10.6 Å². The van der Waals surface area contributed by atoms with E-state index in [1.54, 1.807) is 18.2 Å². The van der Waals surface area contributed by atoms with Crippen molar-refractivity contribution >= 4 is 17.5 Å². The summed E-state index contributed by atoms with van der Waals surface area (Å²) in [5, 5.41) is 0. The number of carbonyl (C=O) groups is 1. The van der Waals surface area contributed by atoms with Crippen molar-refractivity contribution in [3.05, 3.63) is 41.7 Å². The molecule has 1 aliphatic rings. The van der Waals surface area contributed by atoms with E-state index in [-0.39, 0.29) is 11.6 Å². The molecule has 0 atom stereocenters. The van der Waals surface area contributed by atoms with E-state index in [1.165, 1.54) is 37.1 Å². The van der Waals surface area contributed by atoms with Crippen molar-refractivity contribution in [1.29, 1.82) is 0 Å². The standard InChI is InChI=1S/C16H19FOS/c17-14-10-6-7-11-16(14)19-12-15(18)13-8-4-2-1-3-5-9-13/h6-8,10-11H,1-5,9,12H2/b13-8+. The third kappa shape index (κ3) is 4.50. The number of rotatable bonds is 4. The van der Waals surface area contributed by atoms with Gasteiger partial charge in [0.15, 0.2) is 5.78 Å². The molecule has 19 heavy (non-hydrogen) atoms. The molecule has 0 radical (unpaired) electrons. The monoisotopic (exact) mass is 278 g/mol. The first-order valence-electron chi connectivity index (χ1n) is 6.87. The maximum Gasteiger partial charge on any atom is 0.168 e. The molecule has 0 saturated carbocycles. The third-order valence-corrected chi connectivity index (χ3v) is 4.39. The lowest BCUT2D eigenvalue weighted by Gasteiger charge is -2.10. The molecular weight excluding hydrogens is 259 g/mol.